The molecule has 5 atom stereocenters. The van der Waals surface area contributed by atoms with E-state index in [1.54, 1.807) is 26.8 Å². The molecule has 380 valence electrons. The number of aromatic nitrogens is 1. The molecule has 1 aliphatic heterocycles. The molecule has 3 aliphatic carbocycles. The number of nitrogens with zero attached hydrogens (tertiary/aromatic N) is 4. The van der Waals surface area contributed by atoms with Crippen LogP contribution in [-0.4, -0.2) is 90.5 Å². The summed E-state index contributed by atoms with van der Waals surface area (Å²) in [7, 11) is 0.656. The molecule has 3 aromatic carbocycles. The van der Waals surface area contributed by atoms with Gasteiger partial charge in [-0.2, -0.15) is 0 Å². The first kappa shape index (κ1) is 51.7. The Morgan fingerprint density at radius 1 is 0.986 bits per heavy atom. The molecule has 0 fully saturated rings. The highest BCUT2D eigenvalue weighted by Crippen LogP contribution is 2.60. The molecule has 8 rings (SSSR count). The number of amides is 1. The summed E-state index contributed by atoms with van der Waals surface area (Å²) in [5, 5.41) is 17.3. The highest BCUT2D eigenvalue weighted by molar-refractivity contribution is 6.74. The van der Waals surface area contributed by atoms with Gasteiger partial charge in [0.25, 0.3) is 5.88 Å². The van der Waals surface area contributed by atoms with Crippen LogP contribution in [0.1, 0.15) is 123 Å². The van der Waals surface area contributed by atoms with E-state index in [4.69, 9.17) is 23.2 Å². The van der Waals surface area contributed by atoms with E-state index in [0.717, 1.165) is 11.1 Å². The smallest absolute Gasteiger partial charge is 0.414 e. The van der Waals surface area contributed by atoms with E-state index in [0.29, 0.717) is 13.0 Å². The van der Waals surface area contributed by atoms with Crippen LogP contribution in [0.25, 0.3) is 0 Å². The first-order chi connectivity index (χ1) is 33.4. The normalized spacial score (nSPS) is 22.6. The van der Waals surface area contributed by atoms with Gasteiger partial charge in [-0.05, 0) is 100 Å². The maximum Gasteiger partial charge on any atom is 0.414 e. The molecule has 0 unspecified atom stereocenters. The number of halogens is 1. The molecule has 0 saturated carbocycles. The minimum Gasteiger partial charge on any atom is -0.508 e. The third kappa shape index (κ3) is 9.50. The highest BCUT2D eigenvalue weighted by atomic mass is 28.4. The number of hydrogen-bond acceptors (Lipinski definition) is 12. The summed E-state index contributed by atoms with van der Waals surface area (Å²) in [6.45, 7) is 24.3. The van der Waals surface area contributed by atoms with E-state index < -0.39 is 71.7 Å². The number of allylic oxidation sites excluding steroid dienone is 1. The molecule has 0 bridgehead atoms. The predicted molar refractivity (Wildman–Crippen MR) is 273 cm³/mol. The molecule has 71 heavy (non-hydrogen) atoms. The van der Waals surface area contributed by atoms with Gasteiger partial charge in [0, 0.05) is 48.3 Å². The highest BCUT2D eigenvalue weighted by Gasteiger charge is 2.67. The first-order valence-corrected chi connectivity index (χ1v) is 27.8. The van der Waals surface area contributed by atoms with Crippen molar-refractivity contribution in [1.82, 2.24) is 15.0 Å². The van der Waals surface area contributed by atoms with E-state index in [9.17, 15) is 9.90 Å². The van der Waals surface area contributed by atoms with Gasteiger partial charge in [0.2, 0.25) is 5.78 Å². The largest absolute Gasteiger partial charge is 0.508 e. The van der Waals surface area contributed by atoms with Crippen LogP contribution in [0.15, 0.2) is 89.2 Å². The van der Waals surface area contributed by atoms with Crippen molar-refractivity contribution in [2.75, 3.05) is 32.1 Å². The van der Waals surface area contributed by atoms with Crippen molar-refractivity contribution in [3.8, 4) is 11.6 Å². The van der Waals surface area contributed by atoms with Crippen molar-refractivity contribution in [2.45, 2.75) is 136 Å². The third-order valence-corrected chi connectivity index (χ3v) is 19.4. The minimum absolute atomic E-state index is 0.000779. The molecule has 1 N–H and O–H groups in total. The van der Waals surface area contributed by atoms with Crippen LogP contribution < -0.4 is 14.4 Å². The van der Waals surface area contributed by atoms with Gasteiger partial charge in [-0.1, -0.05) is 101 Å². The van der Waals surface area contributed by atoms with Gasteiger partial charge in [-0.25, -0.2) is 9.18 Å². The number of hydrogen-bond donors (Lipinski definition) is 1. The van der Waals surface area contributed by atoms with Crippen LogP contribution in [-0.2, 0) is 35.3 Å². The lowest BCUT2D eigenvalue weighted by Gasteiger charge is -2.55. The summed E-state index contributed by atoms with van der Waals surface area (Å²) in [5.41, 5.74) is -1.20. The quantitative estimate of drug-likeness (QED) is 0.101. The molecule has 4 aliphatic rings. The Labute approximate surface area is 419 Å². The summed E-state index contributed by atoms with van der Waals surface area (Å²) in [5.74, 6) is -3.70. The molecule has 13 nitrogen and oxygen atoms in total. The summed E-state index contributed by atoms with van der Waals surface area (Å²) in [6, 6.07) is 17.9. The number of ketones is 2. The molecule has 4 aromatic rings. The molecule has 0 saturated heterocycles. The molecule has 1 amide bonds. The maximum atomic E-state index is 18.4. The Morgan fingerprint density at radius 3 is 2.17 bits per heavy atom. The van der Waals surface area contributed by atoms with Gasteiger partial charge in [0.15, 0.2) is 31.2 Å². The van der Waals surface area contributed by atoms with E-state index in [1.807, 2.05) is 114 Å². The van der Waals surface area contributed by atoms with E-state index in [2.05, 4.69) is 30.5 Å². The van der Waals surface area contributed by atoms with Gasteiger partial charge in [-0.15, -0.1) is 6.58 Å². The van der Waals surface area contributed by atoms with Crippen LogP contribution in [0.3, 0.4) is 0 Å². The lowest BCUT2D eigenvalue weighted by Crippen LogP contribution is -2.65. The molecular weight excluding hydrogens is 920 g/mol. The number of ether oxygens (including phenoxy) is 3. The lowest BCUT2D eigenvalue weighted by molar-refractivity contribution is -0.0481. The van der Waals surface area contributed by atoms with Gasteiger partial charge in [0.1, 0.15) is 36.0 Å². The van der Waals surface area contributed by atoms with Gasteiger partial charge in [0.05, 0.1) is 17.3 Å². The Kier molecular flexibility index (Phi) is 14.2. The van der Waals surface area contributed by atoms with Gasteiger partial charge in [-0.3, -0.25) is 24.3 Å². The fourth-order valence-electron chi connectivity index (χ4n) is 10.8. The first-order valence-electron chi connectivity index (χ1n) is 24.8. The summed E-state index contributed by atoms with van der Waals surface area (Å²) in [4.78, 5) is 52.2. The van der Waals surface area contributed by atoms with E-state index in [1.165, 1.54) is 4.90 Å². The van der Waals surface area contributed by atoms with Crippen molar-refractivity contribution in [3.63, 3.8) is 0 Å². The van der Waals surface area contributed by atoms with E-state index in [-0.39, 0.29) is 102 Å². The minimum atomic E-state index is -3.06. The lowest BCUT2D eigenvalue weighted by atomic mass is 9.58. The Hall–Kier alpha value is -5.61. The zero-order chi connectivity index (χ0) is 51.5. The fraction of sp³-hybridized carbons (Fsp3) is 0.500. The second-order valence-electron chi connectivity index (χ2n) is 22.9. The van der Waals surface area contributed by atoms with Crippen molar-refractivity contribution in [1.29, 1.82) is 0 Å². The van der Waals surface area contributed by atoms with Crippen LogP contribution in [0.4, 0.5) is 14.9 Å². The molecule has 2 heterocycles. The average molecular weight is 991 g/mol. The molecular formula is C56H71FN4O9Si. The van der Waals surface area contributed by atoms with Crippen LogP contribution >= 0.6 is 0 Å². The molecule has 0 spiro atoms. The SMILES string of the molecule is C=CCN1Cc2c(F)c3c(c(OCc4ccccc4)c2N(C(=O)OC(C)(C)C)C[C@H]1CC(C)C)C(=O)C1=C(O)[C@]2(O[Si](C)(C)C(C)(C)C)C(=O)c4c(OCc5ccccc5)noc4[C@@H](N(C)C)[C@@H]2C[C@@H]1C3. The number of fused-ring (bicyclic) bond motifs is 5. The second kappa shape index (κ2) is 19.4. The molecule has 1 aromatic heterocycles. The third-order valence-electron chi connectivity index (χ3n) is 14.9. The van der Waals surface area contributed by atoms with Crippen LogP contribution in [0, 0.1) is 23.6 Å². The summed E-state index contributed by atoms with van der Waals surface area (Å²) in [6.07, 6.45) is 1.82. The Bertz CT molecular complexity index is 2720. The van der Waals surface area contributed by atoms with Crippen molar-refractivity contribution >= 4 is 31.7 Å². The number of aliphatic hydroxyl groups excluding tert-OH is 1. The number of carbonyl (C=O) groups is 3. The zero-order valence-corrected chi connectivity index (χ0v) is 44.5. The standard InChI is InChI=1S/C56H71FN4O9Si/c1-14-25-60-30-39-44(57)38-27-36-28-40-46(59(10)11)49-43(52(58-69-49)67-32-35-23-19-16-20-24-35)51(64)56(40,70-71(12,13)55(7,8)9)50(63)41(36)47(62)42(38)48(66-31-34-21-17-15-18-22-34)45(39)61(29-37(60)26-33(2)3)53(65)68-54(4,5)6/h14-24,33,36-37,40,46,63H,1,25-32H2,2-13H3/t36-,37+,40-,46-,56-/m0/s1. The fourth-order valence-corrected chi connectivity index (χ4v) is 12.2. The summed E-state index contributed by atoms with van der Waals surface area (Å²) < 4.78 is 51.0. The Balaban J connectivity index is 1.39. The predicted octanol–water partition coefficient (Wildman–Crippen LogP) is 11.6. The van der Waals surface area contributed by atoms with Gasteiger partial charge < -0.3 is 28.3 Å². The van der Waals surface area contributed by atoms with Crippen LogP contribution in [0.5, 0.6) is 11.6 Å². The number of anilines is 1. The number of aliphatic hydroxyl groups is 1. The summed E-state index contributed by atoms with van der Waals surface area (Å²) >= 11 is 0. The number of carbonyl (C=O) groups excluding carboxylic acids is 3. The number of rotatable bonds is 13. The zero-order valence-electron chi connectivity index (χ0n) is 43.5. The second-order valence-corrected chi connectivity index (χ2v) is 27.6. The average Bonchev–Trinajstić information content (AvgIpc) is 3.64. The number of benzene rings is 3. The monoisotopic (exact) mass is 990 g/mol. The number of Topliss-reactive ketones (excluding diaryl/α,β-unsaturated/α-hetero) is 2. The van der Waals surface area contributed by atoms with Crippen molar-refractivity contribution < 1.29 is 47.0 Å². The van der Waals surface area contributed by atoms with E-state index >= 15 is 14.0 Å². The maximum absolute atomic E-state index is 18.4. The van der Waals surface area contributed by atoms with Gasteiger partial charge >= 0.3 is 6.09 Å². The molecule has 0 radical (unpaired) electrons. The van der Waals surface area contributed by atoms with Crippen LogP contribution in [0.2, 0.25) is 18.1 Å². The topological polar surface area (TPSA) is 144 Å². The Morgan fingerprint density at radius 2 is 1.61 bits per heavy atom. The molecule has 15 heteroatoms. The van der Waals surface area contributed by atoms with Crippen molar-refractivity contribution in [3.05, 3.63) is 130 Å². The van der Waals surface area contributed by atoms with Crippen molar-refractivity contribution in [2.24, 2.45) is 17.8 Å².